The summed E-state index contributed by atoms with van der Waals surface area (Å²) in [7, 11) is 0. The van der Waals surface area contributed by atoms with Gasteiger partial charge in [-0.25, -0.2) is 0 Å². The third-order valence-electron chi connectivity index (χ3n) is 3.29. The highest BCUT2D eigenvalue weighted by molar-refractivity contribution is 5.53. The zero-order chi connectivity index (χ0) is 13.0. The Bertz CT molecular complexity index is 497. The first-order chi connectivity index (χ1) is 8.76. The van der Waals surface area contributed by atoms with E-state index in [1.807, 2.05) is 18.2 Å². The van der Waals surface area contributed by atoms with Gasteiger partial charge in [-0.1, -0.05) is 6.07 Å². The smallest absolute Gasteiger partial charge is 0.0992 e. The molecule has 1 saturated heterocycles. The molecule has 2 atom stereocenters. The number of nitrogens with one attached hydrogen (secondary N) is 1. The largest absolute Gasteiger partial charge is 0.362 e. The van der Waals surface area contributed by atoms with Gasteiger partial charge in [-0.15, -0.1) is 0 Å². The fourth-order valence-electron chi connectivity index (χ4n) is 2.49. The molecule has 1 N–H and O–H groups in total. The van der Waals surface area contributed by atoms with Gasteiger partial charge in [0.1, 0.15) is 0 Å². The van der Waals surface area contributed by atoms with E-state index in [9.17, 15) is 0 Å². The molecule has 0 amide bonds. The molecule has 4 heteroatoms. The summed E-state index contributed by atoms with van der Waals surface area (Å²) in [6, 6.07) is 12.5. The molecular formula is C14H16N4. The van der Waals surface area contributed by atoms with Crippen molar-refractivity contribution in [2.75, 3.05) is 18.0 Å². The molecule has 2 unspecified atom stereocenters. The molecule has 1 fully saturated rings. The monoisotopic (exact) mass is 240 g/mol. The van der Waals surface area contributed by atoms with E-state index in [0.29, 0.717) is 18.0 Å². The maximum absolute atomic E-state index is 8.96. The standard InChI is InChI=1S/C14H16N4/c1-11-9-17-10-14(5-6-15)18(11)13-4-2-3-12(7-13)8-16/h2-4,7,11,14,17H,5,9-10H2,1H3. The molecule has 1 aliphatic heterocycles. The van der Waals surface area contributed by atoms with Crippen LogP contribution in [-0.4, -0.2) is 25.2 Å². The van der Waals surface area contributed by atoms with Gasteiger partial charge in [0, 0.05) is 24.8 Å². The fourth-order valence-corrected chi connectivity index (χ4v) is 2.49. The van der Waals surface area contributed by atoms with E-state index < -0.39 is 0 Å². The Morgan fingerprint density at radius 1 is 1.39 bits per heavy atom. The van der Waals surface area contributed by atoms with Crippen LogP contribution in [0.1, 0.15) is 18.9 Å². The van der Waals surface area contributed by atoms with E-state index in [0.717, 1.165) is 18.8 Å². The van der Waals surface area contributed by atoms with Gasteiger partial charge in [-0.2, -0.15) is 10.5 Å². The van der Waals surface area contributed by atoms with E-state index in [-0.39, 0.29) is 6.04 Å². The predicted octanol–water partition coefficient (Wildman–Crippen LogP) is 1.64. The number of nitriles is 2. The van der Waals surface area contributed by atoms with Crippen molar-refractivity contribution in [3.63, 3.8) is 0 Å². The SMILES string of the molecule is CC1CNCC(CC#N)N1c1cccc(C#N)c1. The molecule has 2 rings (SSSR count). The summed E-state index contributed by atoms with van der Waals surface area (Å²) in [6.45, 7) is 3.85. The summed E-state index contributed by atoms with van der Waals surface area (Å²) in [5.41, 5.74) is 1.69. The number of hydrogen-bond donors (Lipinski definition) is 1. The van der Waals surface area contributed by atoms with Crippen molar-refractivity contribution < 1.29 is 0 Å². The van der Waals surface area contributed by atoms with Gasteiger partial charge < -0.3 is 10.2 Å². The number of rotatable bonds is 2. The number of nitrogens with zero attached hydrogens (tertiary/aromatic N) is 3. The summed E-state index contributed by atoms with van der Waals surface area (Å²) < 4.78 is 0. The third-order valence-corrected chi connectivity index (χ3v) is 3.29. The molecule has 0 spiro atoms. The second-order valence-corrected chi connectivity index (χ2v) is 4.59. The predicted molar refractivity (Wildman–Crippen MR) is 70.0 cm³/mol. The Labute approximate surface area is 107 Å². The van der Waals surface area contributed by atoms with Crippen LogP contribution >= 0.6 is 0 Å². The second-order valence-electron chi connectivity index (χ2n) is 4.59. The lowest BCUT2D eigenvalue weighted by Crippen LogP contribution is -2.56. The van der Waals surface area contributed by atoms with Crippen LogP contribution in [0.4, 0.5) is 5.69 Å². The molecule has 4 nitrogen and oxygen atoms in total. The van der Waals surface area contributed by atoms with Crippen molar-refractivity contribution in [1.82, 2.24) is 5.32 Å². The van der Waals surface area contributed by atoms with Crippen LogP contribution in [0, 0.1) is 22.7 Å². The normalized spacial score (nSPS) is 23.2. The number of hydrogen-bond acceptors (Lipinski definition) is 4. The average Bonchev–Trinajstić information content (AvgIpc) is 2.39. The van der Waals surface area contributed by atoms with Crippen LogP contribution < -0.4 is 10.2 Å². The zero-order valence-electron chi connectivity index (χ0n) is 10.4. The minimum absolute atomic E-state index is 0.174. The Hall–Kier alpha value is -2.04. The minimum Gasteiger partial charge on any atom is -0.362 e. The Balaban J connectivity index is 2.32. The van der Waals surface area contributed by atoms with E-state index in [2.05, 4.69) is 29.3 Å². The van der Waals surface area contributed by atoms with E-state index >= 15 is 0 Å². The highest BCUT2D eigenvalue weighted by atomic mass is 15.2. The van der Waals surface area contributed by atoms with Gasteiger partial charge >= 0.3 is 0 Å². The van der Waals surface area contributed by atoms with Crippen LogP contribution in [-0.2, 0) is 0 Å². The van der Waals surface area contributed by atoms with Gasteiger partial charge in [-0.05, 0) is 25.1 Å². The van der Waals surface area contributed by atoms with Crippen molar-refractivity contribution in [3.8, 4) is 12.1 Å². The first kappa shape index (κ1) is 12.4. The Kier molecular flexibility index (Phi) is 3.82. The van der Waals surface area contributed by atoms with Gasteiger partial charge in [0.15, 0.2) is 0 Å². The van der Waals surface area contributed by atoms with Crippen molar-refractivity contribution in [3.05, 3.63) is 29.8 Å². The first-order valence-corrected chi connectivity index (χ1v) is 6.12. The van der Waals surface area contributed by atoms with Crippen molar-refractivity contribution in [1.29, 1.82) is 10.5 Å². The topological polar surface area (TPSA) is 62.9 Å². The van der Waals surface area contributed by atoms with Crippen molar-refractivity contribution in [2.24, 2.45) is 0 Å². The van der Waals surface area contributed by atoms with Crippen molar-refractivity contribution >= 4 is 5.69 Å². The molecule has 1 aromatic rings. The zero-order valence-corrected chi connectivity index (χ0v) is 10.4. The van der Waals surface area contributed by atoms with Crippen LogP contribution in [0.3, 0.4) is 0 Å². The number of anilines is 1. The van der Waals surface area contributed by atoms with Crippen LogP contribution in [0.25, 0.3) is 0 Å². The lowest BCUT2D eigenvalue weighted by atomic mass is 10.0. The van der Waals surface area contributed by atoms with E-state index in [4.69, 9.17) is 10.5 Å². The number of piperazine rings is 1. The van der Waals surface area contributed by atoms with Gasteiger partial charge in [-0.3, -0.25) is 0 Å². The first-order valence-electron chi connectivity index (χ1n) is 6.12. The highest BCUT2D eigenvalue weighted by Gasteiger charge is 2.27. The molecule has 0 radical (unpaired) electrons. The number of benzene rings is 1. The van der Waals surface area contributed by atoms with Crippen molar-refractivity contribution in [2.45, 2.75) is 25.4 Å². The maximum Gasteiger partial charge on any atom is 0.0992 e. The molecule has 1 aromatic carbocycles. The second kappa shape index (κ2) is 5.53. The van der Waals surface area contributed by atoms with Gasteiger partial charge in [0.05, 0.1) is 30.2 Å². The van der Waals surface area contributed by atoms with Crippen LogP contribution in [0.2, 0.25) is 0 Å². The molecule has 0 saturated carbocycles. The molecule has 18 heavy (non-hydrogen) atoms. The average molecular weight is 240 g/mol. The highest BCUT2D eigenvalue weighted by Crippen LogP contribution is 2.24. The van der Waals surface area contributed by atoms with Crippen LogP contribution in [0.5, 0.6) is 0 Å². The summed E-state index contributed by atoms with van der Waals surface area (Å²) in [4.78, 5) is 2.25. The fraction of sp³-hybridized carbons (Fsp3) is 0.429. The molecule has 1 aliphatic rings. The molecule has 92 valence electrons. The molecule has 0 aromatic heterocycles. The summed E-state index contributed by atoms with van der Waals surface area (Å²) in [5.74, 6) is 0. The Morgan fingerprint density at radius 3 is 2.94 bits per heavy atom. The lowest BCUT2D eigenvalue weighted by molar-refractivity contribution is 0.417. The summed E-state index contributed by atoms with van der Waals surface area (Å²) in [5, 5.41) is 21.2. The Morgan fingerprint density at radius 2 is 2.22 bits per heavy atom. The minimum atomic E-state index is 0.174. The van der Waals surface area contributed by atoms with E-state index in [1.54, 1.807) is 6.07 Å². The third kappa shape index (κ3) is 2.45. The molecule has 1 heterocycles. The van der Waals surface area contributed by atoms with Gasteiger partial charge in [0.25, 0.3) is 0 Å². The van der Waals surface area contributed by atoms with E-state index in [1.165, 1.54) is 0 Å². The molecular weight excluding hydrogens is 224 g/mol. The summed E-state index contributed by atoms with van der Waals surface area (Å²) >= 11 is 0. The summed E-state index contributed by atoms with van der Waals surface area (Å²) in [6.07, 6.45) is 0.494. The van der Waals surface area contributed by atoms with Gasteiger partial charge in [0.2, 0.25) is 0 Å². The van der Waals surface area contributed by atoms with Crippen LogP contribution in [0.15, 0.2) is 24.3 Å². The maximum atomic E-state index is 8.96. The molecule has 0 aliphatic carbocycles. The lowest BCUT2D eigenvalue weighted by Gasteiger charge is -2.42. The molecule has 0 bridgehead atoms. The quantitative estimate of drug-likeness (QED) is 0.853.